The summed E-state index contributed by atoms with van der Waals surface area (Å²) >= 11 is 0. The zero-order chi connectivity index (χ0) is 12.0. The van der Waals surface area contributed by atoms with Gasteiger partial charge in [-0.3, -0.25) is 4.79 Å². The van der Waals surface area contributed by atoms with Crippen LogP contribution < -0.4 is 5.32 Å². The van der Waals surface area contributed by atoms with Crippen LogP contribution in [0.25, 0.3) is 0 Å². The van der Waals surface area contributed by atoms with Gasteiger partial charge in [0.25, 0.3) is 0 Å². The van der Waals surface area contributed by atoms with E-state index in [9.17, 15) is 9.18 Å². The van der Waals surface area contributed by atoms with Gasteiger partial charge in [0, 0.05) is 12.6 Å². The number of rotatable bonds is 2. The summed E-state index contributed by atoms with van der Waals surface area (Å²) in [5.74, 6) is -0.0602. The Bertz CT molecular complexity index is 445. The van der Waals surface area contributed by atoms with Crippen molar-refractivity contribution in [1.29, 1.82) is 0 Å². The van der Waals surface area contributed by atoms with Crippen LogP contribution in [0.4, 0.5) is 4.39 Å². The molecule has 2 saturated heterocycles. The molecule has 2 fully saturated rings. The molecule has 0 aliphatic carbocycles. The van der Waals surface area contributed by atoms with Crippen molar-refractivity contribution in [2.45, 2.75) is 31.5 Å². The number of fused-ring (bicyclic) bond motifs is 2. The molecule has 90 valence electrons. The highest BCUT2D eigenvalue weighted by atomic mass is 19.1. The fourth-order valence-corrected chi connectivity index (χ4v) is 2.89. The first-order chi connectivity index (χ1) is 8.16. The number of carbonyl (C=O) groups excluding carboxylic acids is 1. The van der Waals surface area contributed by atoms with Crippen molar-refractivity contribution in [2.24, 2.45) is 0 Å². The Kier molecular flexibility index (Phi) is 2.40. The molecule has 0 unspecified atom stereocenters. The Labute approximate surface area is 99.6 Å². The van der Waals surface area contributed by atoms with E-state index in [1.807, 2.05) is 11.8 Å². The summed E-state index contributed by atoms with van der Waals surface area (Å²) < 4.78 is 12.9. The van der Waals surface area contributed by atoms with Crippen LogP contribution in [0.2, 0.25) is 0 Å². The van der Waals surface area contributed by atoms with Gasteiger partial charge in [-0.25, -0.2) is 4.39 Å². The number of nitrogens with zero attached hydrogens (tertiary/aromatic N) is 1. The molecule has 0 radical (unpaired) electrons. The second-order valence-corrected chi connectivity index (χ2v) is 4.82. The van der Waals surface area contributed by atoms with E-state index in [2.05, 4.69) is 5.32 Å². The minimum absolute atomic E-state index is 0.00268. The van der Waals surface area contributed by atoms with Crippen LogP contribution in [0.15, 0.2) is 24.3 Å². The van der Waals surface area contributed by atoms with Crippen LogP contribution in [0.5, 0.6) is 0 Å². The van der Waals surface area contributed by atoms with Crippen LogP contribution >= 0.6 is 0 Å². The van der Waals surface area contributed by atoms with Gasteiger partial charge in [0.1, 0.15) is 5.82 Å². The van der Waals surface area contributed by atoms with Crippen molar-refractivity contribution in [3.05, 3.63) is 35.6 Å². The van der Waals surface area contributed by atoms with E-state index in [1.54, 1.807) is 12.1 Å². The minimum Gasteiger partial charge on any atom is -0.330 e. The average molecular weight is 234 g/mol. The average Bonchev–Trinajstić information content (AvgIpc) is 2.89. The van der Waals surface area contributed by atoms with Gasteiger partial charge in [-0.15, -0.1) is 0 Å². The Hall–Kier alpha value is -1.42. The van der Waals surface area contributed by atoms with Gasteiger partial charge in [-0.05, 0) is 31.0 Å². The van der Waals surface area contributed by atoms with Gasteiger partial charge in [-0.2, -0.15) is 0 Å². The molecule has 2 heterocycles. The number of piperazine rings is 1. The molecule has 3 nitrogen and oxygen atoms in total. The van der Waals surface area contributed by atoms with Crippen LogP contribution in [-0.4, -0.2) is 29.4 Å². The number of nitrogens with one attached hydrogen (secondary N) is 1. The summed E-state index contributed by atoms with van der Waals surface area (Å²) in [6.45, 7) is 2.88. The molecule has 2 bridgehead atoms. The fraction of sp³-hybridized carbons (Fsp3) is 0.462. The van der Waals surface area contributed by atoms with E-state index in [-0.39, 0.29) is 23.8 Å². The van der Waals surface area contributed by atoms with Crippen molar-refractivity contribution in [2.75, 3.05) is 6.54 Å². The van der Waals surface area contributed by atoms with Crippen molar-refractivity contribution < 1.29 is 9.18 Å². The van der Waals surface area contributed by atoms with Gasteiger partial charge >= 0.3 is 0 Å². The molecule has 17 heavy (non-hydrogen) atoms. The number of benzene rings is 1. The molecular formula is C13H15FN2O. The van der Waals surface area contributed by atoms with Crippen LogP contribution in [-0.2, 0) is 4.79 Å². The monoisotopic (exact) mass is 234 g/mol. The molecule has 0 spiro atoms. The molecule has 2 aliphatic rings. The number of hydrogen-bond donors (Lipinski definition) is 1. The Morgan fingerprint density at radius 3 is 2.71 bits per heavy atom. The molecule has 4 heteroatoms. The number of amides is 1. The SMILES string of the molecule is C[C@@H](c1ccc(F)cc1)N1C(=O)[C@H]2C[C@@H]1CN2. The van der Waals surface area contributed by atoms with E-state index in [1.165, 1.54) is 12.1 Å². The Balaban J connectivity index is 1.85. The Morgan fingerprint density at radius 2 is 2.12 bits per heavy atom. The van der Waals surface area contributed by atoms with Gasteiger partial charge in [0.15, 0.2) is 0 Å². The third kappa shape index (κ3) is 1.63. The third-order valence-corrected chi connectivity index (χ3v) is 3.82. The zero-order valence-corrected chi connectivity index (χ0v) is 9.69. The lowest BCUT2D eigenvalue weighted by Gasteiger charge is -2.33. The van der Waals surface area contributed by atoms with E-state index >= 15 is 0 Å². The molecule has 1 N–H and O–H groups in total. The van der Waals surface area contributed by atoms with Crippen LogP contribution in [0.1, 0.15) is 24.9 Å². The highest BCUT2D eigenvalue weighted by Gasteiger charge is 2.46. The third-order valence-electron chi connectivity index (χ3n) is 3.82. The summed E-state index contributed by atoms with van der Waals surface area (Å²) in [6, 6.07) is 6.74. The maximum atomic E-state index is 12.9. The molecule has 1 aromatic rings. The largest absolute Gasteiger partial charge is 0.330 e. The standard InChI is InChI=1S/C13H15FN2O/c1-8(9-2-4-10(14)5-3-9)16-11-6-12(13(16)17)15-7-11/h2-5,8,11-12,15H,6-7H2,1H3/t8-,11+,12+/m0/s1. The van der Waals surface area contributed by atoms with Crippen molar-refractivity contribution >= 4 is 5.91 Å². The topological polar surface area (TPSA) is 32.3 Å². The van der Waals surface area contributed by atoms with Crippen LogP contribution in [0.3, 0.4) is 0 Å². The lowest BCUT2D eigenvalue weighted by atomic mass is 10.1. The smallest absolute Gasteiger partial charge is 0.240 e. The number of hydrogen-bond acceptors (Lipinski definition) is 2. The predicted molar refractivity (Wildman–Crippen MR) is 61.9 cm³/mol. The van der Waals surface area contributed by atoms with Crippen LogP contribution in [0, 0.1) is 5.82 Å². The van der Waals surface area contributed by atoms with Crippen molar-refractivity contribution in [1.82, 2.24) is 10.2 Å². The molecule has 3 rings (SSSR count). The van der Waals surface area contributed by atoms with Gasteiger partial charge in [-0.1, -0.05) is 12.1 Å². The maximum Gasteiger partial charge on any atom is 0.240 e. The number of halogens is 1. The van der Waals surface area contributed by atoms with Crippen molar-refractivity contribution in [3.8, 4) is 0 Å². The zero-order valence-electron chi connectivity index (χ0n) is 9.69. The summed E-state index contributed by atoms with van der Waals surface area (Å²) in [5.41, 5.74) is 0.993. The fourth-order valence-electron chi connectivity index (χ4n) is 2.89. The van der Waals surface area contributed by atoms with Gasteiger partial charge < -0.3 is 10.2 Å². The molecule has 1 amide bonds. The first kappa shape index (κ1) is 10.7. The first-order valence-corrected chi connectivity index (χ1v) is 5.98. The van der Waals surface area contributed by atoms with E-state index < -0.39 is 0 Å². The van der Waals surface area contributed by atoms with E-state index in [0.717, 1.165) is 18.5 Å². The van der Waals surface area contributed by atoms with Gasteiger partial charge in [0.2, 0.25) is 5.91 Å². The molecule has 0 saturated carbocycles. The quantitative estimate of drug-likeness (QED) is 0.840. The second kappa shape index (κ2) is 3.81. The first-order valence-electron chi connectivity index (χ1n) is 5.98. The molecule has 2 aliphatic heterocycles. The predicted octanol–water partition coefficient (Wildman–Crippen LogP) is 1.46. The molecule has 3 atom stereocenters. The number of likely N-dealkylation sites (tertiary alicyclic amines) is 1. The summed E-state index contributed by atoms with van der Waals surface area (Å²) in [4.78, 5) is 14.0. The van der Waals surface area contributed by atoms with Crippen molar-refractivity contribution in [3.63, 3.8) is 0 Å². The maximum absolute atomic E-state index is 12.9. The lowest BCUT2D eigenvalue weighted by Crippen LogP contribution is -2.48. The summed E-state index contributed by atoms with van der Waals surface area (Å²) in [6.07, 6.45) is 0.907. The van der Waals surface area contributed by atoms with Gasteiger partial charge in [0.05, 0.1) is 12.1 Å². The lowest BCUT2D eigenvalue weighted by molar-refractivity contribution is -0.134. The summed E-state index contributed by atoms with van der Waals surface area (Å²) in [5, 5.41) is 3.20. The highest BCUT2D eigenvalue weighted by molar-refractivity contribution is 5.86. The normalized spacial score (nSPS) is 28.8. The molecular weight excluding hydrogens is 219 g/mol. The Morgan fingerprint density at radius 1 is 1.41 bits per heavy atom. The van der Waals surface area contributed by atoms with E-state index in [0.29, 0.717) is 6.04 Å². The molecule has 0 aromatic heterocycles. The highest BCUT2D eigenvalue weighted by Crippen LogP contribution is 2.33. The molecule has 1 aromatic carbocycles. The number of carbonyl (C=O) groups is 1. The minimum atomic E-state index is -0.239. The van der Waals surface area contributed by atoms with E-state index in [4.69, 9.17) is 0 Å². The second-order valence-electron chi connectivity index (χ2n) is 4.82. The summed E-state index contributed by atoms with van der Waals surface area (Å²) in [7, 11) is 0.